The Morgan fingerprint density at radius 3 is 2.31 bits per heavy atom. The standard InChI is InChI=1S/C23H26N2O/c1-5-17(3)24-23(26)21-15-22(19-9-7-6-8-10-19)25(18(21)4)20-13-11-16(2)12-14-20/h6-15,17H,5H2,1-4H3,(H,24,26). The molecule has 0 aliphatic heterocycles. The van der Waals surface area contributed by atoms with Crippen LogP contribution in [0.5, 0.6) is 0 Å². The quantitative estimate of drug-likeness (QED) is 0.669. The molecule has 3 aromatic rings. The van der Waals surface area contributed by atoms with Crippen LogP contribution >= 0.6 is 0 Å². The molecular weight excluding hydrogens is 320 g/mol. The smallest absolute Gasteiger partial charge is 0.253 e. The Bertz CT molecular complexity index is 892. The lowest BCUT2D eigenvalue weighted by Crippen LogP contribution is -2.32. The van der Waals surface area contributed by atoms with Crippen LogP contribution in [0.3, 0.4) is 0 Å². The number of nitrogens with one attached hydrogen (secondary N) is 1. The monoisotopic (exact) mass is 346 g/mol. The number of amides is 1. The summed E-state index contributed by atoms with van der Waals surface area (Å²) in [5.74, 6) is -0.0140. The summed E-state index contributed by atoms with van der Waals surface area (Å²) < 4.78 is 2.17. The van der Waals surface area contributed by atoms with Crippen molar-refractivity contribution in [1.29, 1.82) is 0 Å². The highest BCUT2D eigenvalue weighted by Gasteiger charge is 2.20. The predicted octanol–water partition coefficient (Wildman–Crippen LogP) is 5.29. The molecule has 0 aliphatic rings. The first kappa shape index (κ1) is 18.0. The van der Waals surface area contributed by atoms with Gasteiger partial charge in [0.15, 0.2) is 0 Å². The van der Waals surface area contributed by atoms with E-state index in [4.69, 9.17) is 0 Å². The zero-order valence-corrected chi connectivity index (χ0v) is 15.9. The topological polar surface area (TPSA) is 34.0 Å². The highest BCUT2D eigenvalue weighted by atomic mass is 16.1. The molecule has 1 unspecified atom stereocenters. The van der Waals surface area contributed by atoms with Crippen LogP contribution in [0.1, 0.15) is 41.9 Å². The number of aromatic nitrogens is 1. The predicted molar refractivity (Wildman–Crippen MR) is 108 cm³/mol. The Labute approximate surface area is 155 Å². The molecule has 0 saturated carbocycles. The maximum Gasteiger partial charge on any atom is 0.253 e. The zero-order chi connectivity index (χ0) is 18.7. The van der Waals surface area contributed by atoms with Gasteiger partial charge in [-0.15, -0.1) is 0 Å². The van der Waals surface area contributed by atoms with Gasteiger partial charge in [0.1, 0.15) is 0 Å². The van der Waals surface area contributed by atoms with E-state index in [1.807, 2.05) is 38.1 Å². The Kier molecular flexibility index (Phi) is 5.27. The van der Waals surface area contributed by atoms with Gasteiger partial charge in [0.25, 0.3) is 5.91 Å². The van der Waals surface area contributed by atoms with Crippen molar-refractivity contribution in [3.8, 4) is 16.9 Å². The molecule has 0 fully saturated rings. The van der Waals surface area contributed by atoms with E-state index in [1.54, 1.807) is 0 Å². The molecule has 1 atom stereocenters. The van der Waals surface area contributed by atoms with E-state index in [0.717, 1.165) is 34.6 Å². The zero-order valence-electron chi connectivity index (χ0n) is 15.9. The molecule has 26 heavy (non-hydrogen) atoms. The fourth-order valence-corrected chi connectivity index (χ4v) is 3.09. The van der Waals surface area contributed by atoms with E-state index in [1.165, 1.54) is 5.56 Å². The van der Waals surface area contributed by atoms with Crippen LogP contribution < -0.4 is 5.32 Å². The Morgan fingerprint density at radius 1 is 1.04 bits per heavy atom. The second-order valence-electron chi connectivity index (χ2n) is 6.85. The molecule has 3 rings (SSSR count). The summed E-state index contributed by atoms with van der Waals surface area (Å²) in [6, 6.07) is 20.8. The Balaban J connectivity index is 2.14. The molecule has 1 amide bonds. The van der Waals surface area contributed by atoms with Crippen LogP contribution in [-0.2, 0) is 0 Å². The van der Waals surface area contributed by atoms with Gasteiger partial charge in [-0.2, -0.15) is 0 Å². The minimum Gasteiger partial charge on any atom is -0.350 e. The molecule has 3 heteroatoms. The van der Waals surface area contributed by atoms with Gasteiger partial charge < -0.3 is 9.88 Å². The van der Waals surface area contributed by atoms with Crippen LogP contribution in [-0.4, -0.2) is 16.5 Å². The fourth-order valence-electron chi connectivity index (χ4n) is 3.09. The average molecular weight is 346 g/mol. The third-order valence-electron chi connectivity index (χ3n) is 4.84. The second kappa shape index (κ2) is 7.61. The number of benzene rings is 2. The van der Waals surface area contributed by atoms with Crippen molar-refractivity contribution < 1.29 is 4.79 Å². The van der Waals surface area contributed by atoms with E-state index in [-0.39, 0.29) is 11.9 Å². The third kappa shape index (κ3) is 3.57. The minimum absolute atomic E-state index is 0.0140. The molecule has 0 radical (unpaired) electrons. The first-order valence-corrected chi connectivity index (χ1v) is 9.17. The normalized spacial score (nSPS) is 12.0. The van der Waals surface area contributed by atoms with E-state index in [9.17, 15) is 4.79 Å². The van der Waals surface area contributed by atoms with Crippen molar-refractivity contribution in [2.24, 2.45) is 0 Å². The molecule has 0 spiro atoms. The lowest BCUT2D eigenvalue weighted by atomic mass is 10.1. The lowest BCUT2D eigenvalue weighted by molar-refractivity contribution is 0.0938. The summed E-state index contributed by atoms with van der Waals surface area (Å²) in [7, 11) is 0. The highest BCUT2D eigenvalue weighted by molar-refractivity contribution is 5.97. The van der Waals surface area contributed by atoms with Crippen molar-refractivity contribution in [3.05, 3.63) is 77.5 Å². The summed E-state index contributed by atoms with van der Waals surface area (Å²) in [6.45, 7) is 8.19. The molecule has 1 aromatic heterocycles. The Morgan fingerprint density at radius 2 is 1.69 bits per heavy atom. The number of carbonyl (C=O) groups is 1. The van der Waals surface area contributed by atoms with E-state index < -0.39 is 0 Å². The summed E-state index contributed by atoms with van der Waals surface area (Å²) in [6.07, 6.45) is 0.912. The lowest BCUT2D eigenvalue weighted by Gasteiger charge is -2.13. The average Bonchev–Trinajstić information content (AvgIpc) is 3.00. The van der Waals surface area contributed by atoms with Gasteiger partial charge in [-0.25, -0.2) is 0 Å². The maximum atomic E-state index is 12.8. The van der Waals surface area contributed by atoms with Gasteiger partial charge in [0.05, 0.1) is 11.3 Å². The summed E-state index contributed by atoms with van der Waals surface area (Å²) in [5.41, 5.74) is 6.09. The van der Waals surface area contributed by atoms with Crippen molar-refractivity contribution in [2.45, 2.75) is 40.2 Å². The largest absolute Gasteiger partial charge is 0.350 e. The molecule has 3 nitrogen and oxygen atoms in total. The van der Waals surface area contributed by atoms with Crippen LogP contribution in [0.25, 0.3) is 16.9 Å². The molecule has 134 valence electrons. The Hall–Kier alpha value is -2.81. The fraction of sp³-hybridized carbons (Fsp3) is 0.261. The number of aryl methyl sites for hydroxylation is 1. The van der Waals surface area contributed by atoms with Crippen LogP contribution in [0.15, 0.2) is 60.7 Å². The first-order chi connectivity index (χ1) is 12.5. The molecule has 1 N–H and O–H groups in total. The molecule has 1 heterocycles. The van der Waals surface area contributed by atoms with Crippen LogP contribution in [0.2, 0.25) is 0 Å². The van der Waals surface area contributed by atoms with Gasteiger partial charge in [-0.05, 0) is 51.0 Å². The second-order valence-corrected chi connectivity index (χ2v) is 6.85. The van der Waals surface area contributed by atoms with E-state index in [2.05, 4.69) is 60.1 Å². The summed E-state index contributed by atoms with van der Waals surface area (Å²) in [5, 5.41) is 3.09. The minimum atomic E-state index is -0.0140. The molecule has 0 bridgehead atoms. The molecule has 0 saturated heterocycles. The highest BCUT2D eigenvalue weighted by Crippen LogP contribution is 2.29. The van der Waals surface area contributed by atoms with Crippen molar-refractivity contribution >= 4 is 5.91 Å². The number of hydrogen-bond donors (Lipinski definition) is 1. The first-order valence-electron chi connectivity index (χ1n) is 9.17. The molecular formula is C23H26N2O. The van der Waals surface area contributed by atoms with E-state index in [0.29, 0.717) is 0 Å². The SMILES string of the molecule is CCC(C)NC(=O)c1cc(-c2ccccc2)n(-c2ccc(C)cc2)c1C. The van der Waals surface area contributed by atoms with Gasteiger partial charge in [0.2, 0.25) is 0 Å². The van der Waals surface area contributed by atoms with Crippen molar-refractivity contribution in [2.75, 3.05) is 0 Å². The molecule has 2 aromatic carbocycles. The summed E-state index contributed by atoms with van der Waals surface area (Å²) >= 11 is 0. The van der Waals surface area contributed by atoms with Crippen LogP contribution in [0.4, 0.5) is 0 Å². The van der Waals surface area contributed by atoms with E-state index >= 15 is 0 Å². The number of nitrogens with zero attached hydrogens (tertiary/aromatic N) is 1. The number of carbonyl (C=O) groups excluding carboxylic acids is 1. The third-order valence-corrected chi connectivity index (χ3v) is 4.84. The number of rotatable bonds is 5. The van der Waals surface area contributed by atoms with Crippen molar-refractivity contribution in [1.82, 2.24) is 9.88 Å². The maximum absolute atomic E-state index is 12.8. The van der Waals surface area contributed by atoms with Gasteiger partial charge in [-0.3, -0.25) is 4.79 Å². The molecule has 0 aliphatic carbocycles. The van der Waals surface area contributed by atoms with Gasteiger partial charge in [0, 0.05) is 17.4 Å². The van der Waals surface area contributed by atoms with Crippen molar-refractivity contribution in [3.63, 3.8) is 0 Å². The van der Waals surface area contributed by atoms with Gasteiger partial charge >= 0.3 is 0 Å². The number of hydrogen-bond acceptors (Lipinski definition) is 1. The summed E-state index contributed by atoms with van der Waals surface area (Å²) in [4.78, 5) is 12.8. The van der Waals surface area contributed by atoms with Gasteiger partial charge in [-0.1, -0.05) is 55.0 Å². The van der Waals surface area contributed by atoms with Crippen LogP contribution in [0, 0.1) is 13.8 Å².